The minimum atomic E-state index is 0.660. The molecule has 14 heavy (non-hydrogen) atoms. The average molecular weight is 195 g/mol. The molecular weight excluding hydrogens is 170 g/mol. The monoisotopic (exact) mass is 195 g/mol. The fraction of sp³-hybridized carbons (Fsp3) is 0.538. The third-order valence-electron chi connectivity index (χ3n) is 1.76. The Kier molecular flexibility index (Phi) is 13.6. The van der Waals surface area contributed by atoms with Crippen LogP contribution >= 0.6 is 0 Å². The summed E-state index contributed by atoms with van der Waals surface area (Å²) in [5, 5.41) is 0. The Balaban J connectivity index is 0. The summed E-state index contributed by atoms with van der Waals surface area (Å²) in [4.78, 5) is 2.19. The molecule has 1 heteroatoms. The van der Waals surface area contributed by atoms with Crippen molar-refractivity contribution in [2.45, 2.75) is 20.3 Å². The van der Waals surface area contributed by atoms with E-state index in [1.165, 1.54) is 6.42 Å². The van der Waals surface area contributed by atoms with E-state index >= 15 is 0 Å². The van der Waals surface area contributed by atoms with E-state index in [0.29, 0.717) is 5.92 Å². The van der Waals surface area contributed by atoms with Crippen molar-refractivity contribution in [3.63, 3.8) is 0 Å². The zero-order valence-corrected chi connectivity index (χ0v) is 10.2. The van der Waals surface area contributed by atoms with Crippen LogP contribution in [0.4, 0.5) is 0 Å². The molecule has 0 radical (unpaired) electrons. The second kappa shape index (κ2) is 12.2. The molecule has 0 bridgehead atoms. The molecular formula is C13H25N. The van der Waals surface area contributed by atoms with Gasteiger partial charge in [0, 0.05) is 0 Å². The van der Waals surface area contributed by atoms with Crippen LogP contribution in [0, 0.1) is 5.92 Å². The second-order valence-corrected chi connectivity index (χ2v) is 3.57. The average Bonchev–Trinajstić information content (AvgIpc) is 2.16. The van der Waals surface area contributed by atoms with Gasteiger partial charge in [-0.1, -0.05) is 37.8 Å². The van der Waals surface area contributed by atoms with Crippen molar-refractivity contribution in [3.05, 3.63) is 37.5 Å². The Morgan fingerprint density at radius 1 is 1.29 bits per heavy atom. The molecule has 0 aliphatic carbocycles. The standard InChI is InChI=1S/C8H17N.C5H8/c1-5-8(2)6-7-9(3)4;1-3-5-4-2/h5,8H,1,6-7H2,2-4H3;3-5H,1H2,2H3/b;5-4-. The van der Waals surface area contributed by atoms with Gasteiger partial charge in [0.15, 0.2) is 0 Å². The maximum absolute atomic E-state index is 3.72. The van der Waals surface area contributed by atoms with E-state index in [4.69, 9.17) is 0 Å². The molecule has 0 fully saturated rings. The zero-order valence-electron chi connectivity index (χ0n) is 10.2. The Labute approximate surface area is 89.8 Å². The van der Waals surface area contributed by atoms with Gasteiger partial charge in [-0.05, 0) is 39.9 Å². The van der Waals surface area contributed by atoms with Crippen molar-refractivity contribution in [3.8, 4) is 0 Å². The van der Waals surface area contributed by atoms with Crippen molar-refractivity contribution < 1.29 is 0 Å². The van der Waals surface area contributed by atoms with Gasteiger partial charge in [-0.15, -0.1) is 6.58 Å². The summed E-state index contributed by atoms with van der Waals surface area (Å²) in [5.41, 5.74) is 0. The van der Waals surface area contributed by atoms with E-state index in [1.54, 1.807) is 6.08 Å². The van der Waals surface area contributed by atoms with Crippen LogP contribution in [0.15, 0.2) is 37.5 Å². The van der Waals surface area contributed by atoms with Gasteiger partial charge >= 0.3 is 0 Å². The summed E-state index contributed by atoms with van der Waals surface area (Å²) in [6.45, 7) is 12.5. The van der Waals surface area contributed by atoms with Crippen molar-refractivity contribution >= 4 is 0 Å². The van der Waals surface area contributed by atoms with E-state index in [1.807, 2.05) is 25.2 Å². The maximum atomic E-state index is 3.72. The van der Waals surface area contributed by atoms with Crippen LogP contribution in [0.25, 0.3) is 0 Å². The van der Waals surface area contributed by atoms with E-state index in [-0.39, 0.29) is 0 Å². The van der Waals surface area contributed by atoms with Gasteiger partial charge in [-0.25, -0.2) is 0 Å². The fourth-order valence-corrected chi connectivity index (χ4v) is 0.716. The highest BCUT2D eigenvalue weighted by Gasteiger charge is 1.95. The lowest BCUT2D eigenvalue weighted by molar-refractivity contribution is 0.380. The maximum Gasteiger partial charge on any atom is -0.00193 e. The first-order valence-electron chi connectivity index (χ1n) is 5.09. The molecule has 0 aromatic carbocycles. The van der Waals surface area contributed by atoms with Gasteiger partial charge in [-0.3, -0.25) is 0 Å². The van der Waals surface area contributed by atoms with E-state index in [2.05, 4.69) is 39.1 Å². The van der Waals surface area contributed by atoms with E-state index in [9.17, 15) is 0 Å². The molecule has 0 aromatic rings. The lowest BCUT2D eigenvalue weighted by Gasteiger charge is -2.10. The first-order chi connectivity index (χ1) is 6.58. The summed E-state index contributed by atoms with van der Waals surface area (Å²) < 4.78 is 0. The minimum Gasteiger partial charge on any atom is -0.309 e. The van der Waals surface area contributed by atoms with Crippen molar-refractivity contribution in [1.82, 2.24) is 4.90 Å². The van der Waals surface area contributed by atoms with Gasteiger partial charge in [0.05, 0.1) is 0 Å². The highest BCUT2D eigenvalue weighted by molar-refractivity contribution is 4.94. The number of hydrogen-bond acceptors (Lipinski definition) is 1. The summed E-state index contributed by atoms with van der Waals surface area (Å²) >= 11 is 0. The summed E-state index contributed by atoms with van der Waals surface area (Å²) in [6, 6.07) is 0. The summed E-state index contributed by atoms with van der Waals surface area (Å²) in [6.07, 6.45) is 8.80. The van der Waals surface area contributed by atoms with Gasteiger partial charge in [0.2, 0.25) is 0 Å². The summed E-state index contributed by atoms with van der Waals surface area (Å²) in [5.74, 6) is 0.660. The number of rotatable bonds is 5. The molecule has 0 rings (SSSR count). The highest BCUT2D eigenvalue weighted by Crippen LogP contribution is 2.01. The minimum absolute atomic E-state index is 0.660. The number of nitrogens with zero attached hydrogens (tertiary/aromatic N) is 1. The molecule has 0 aromatic heterocycles. The lowest BCUT2D eigenvalue weighted by atomic mass is 10.1. The Bertz CT molecular complexity index is 157. The molecule has 1 unspecified atom stereocenters. The Morgan fingerprint density at radius 3 is 2.07 bits per heavy atom. The van der Waals surface area contributed by atoms with Crippen molar-refractivity contribution in [1.29, 1.82) is 0 Å². The summed E-state index contributed by atoms with van der Waals surface area (Å²) in [7, 11) is 4.19. The van der Waals surface area contributed by atoms with Crippen LogP contribution in [0.1, 0.15) is 20.3 Å². The number of hydrogen-bond donors (Lipinski definition) is 0. The first-order valence-corrected chi connectivity index (χ1v) is 5.09. The van der Waals surface area contributed by atoms with Crippen LogP contribution in [-0.2, 0) is 0 Å². The fourth-order valence-electron chi connectivity index (χ4n) is 0.716. The molecule has 0 N–H and O–H groups in total. The Hall–Kier alpha value is -0.820. The molecule has 1 atom stereocenters. The van der Waals surface area contributed by atoms with Crippen LogP contribution in [-0.4, -0.2) is 25.5 Å². The molecule has 0 aliphatic rings. The molecule has 0 heterocycles. The van der Waals surface area contributed by atoms with Crippen LogP contribution < -0.4 is 0 Å². The van der Waals surface area contributed by atoms with Crippen molar-refractivity contribution in [2.24, 2.45) is 5.92 Å². The van der Waals surface area contributed by atoms with E-state index < -0.39 is 0 Å². The number of allylic oxidation sites excluding steroid dienone is 4. The normalized spacial score (nSPS) is 12.1. The third-order valence-corrected chi connectivity index (χ3v) is 1.76. The SMILES string of the molecule is C=C/C=C\C.C=CC(C)CCN(C)C. The predicted molar refractivity (Wildman–Crippen MR) is 67.5 cm³/mol. The van der Waals surface area contributed by atoms with E-state index in [0.717, 1.165) is 6.54 Å². The molecule has 1 nitrogen and oxygen atoms in total. The zero-order chi connectivity index (χ0) is 11.4. The second-order valence-electron chi connectivity index (χ2n) is 3.57. The van der Waals surface area contributed by atoms with Gasteiger partial charge in [0.1, 0.15) is 0 Å². The molecule has 0 amide bonds. The first kappa shape index (κ1) is 15.6. The highest BCUT2D eigenvalue weighted by atomic mass is 15.0. The smallest absolute Gasteiger partial charge is 0.00193 e. The quantitative estimate of drug-likeness (QED) is 0.479. The van der Waals surface area contributed by atoms with Crippen LogP contribution in [0.2, 0.25) is 0 Å². The lowest BCUT2D eigenvalue weighted by Crippen LogP contribution is -2.14. The molecule has 0 spiro atoms. The Morgan fingerprint density at radius 2 is 1.86 bits per heavy atom. The van der Waals surface area contributed by atoms with Gasteiger partial charge < -0.3 is 4.90 Å². The van der Waals surface area contributed by atoms with Crippen LogP contribution in [0.5, 0.6) is 0 Å². The topological polar surface area (TPSA) is 3.24 Å². The van der Waals surface area contributed by atoms with Crippen LogP contribution in [0.3, 0.4) is 0 Å². The molecule has 82 valence electrons. The van der Waals surface area contributed by atoms with Crippen molar-refractivity contribution in [2.75, 3.05) is 20.6 Å². The predicted octanol–water partition coefficient (Wildman–Crippen LogP) is 3.51. The molecule has 0 saturated heterocycles. The molecule has 0 aliphatic heterocycles. The largest absolute Gasteiger partial charge is 0.309 e. The molecule has 0 saturated carbocycles. The third kappa shape index (κ3) is 17.3. The van der Waals surface area contributed by atoms with Gasteiger partial charge in [0.25, 0.3) is 0 Å². The van der Waals surface area contributed by atoms with Gasteiger partial charge in [-0.2, -0.15) is 0 Å².